The van der Waals surface area contributed by atoms with Crippen molar-refractivity contribution in [2.24, 2.45) is 0 Å². The first-order valence-electron chi connectivity index (χ1n) is 6.67. The molecule has 1 aromatic rings. The van der Waals surface area contributed by atoms with Crippen LogP contribution >= 0.6 is 0 Å². The number of aliphatic hydroxyl groups excluding tert-OH is 1. The molecule has 1 heterocycles. The van der Waals surface area contributed by atoms with Crippen molar-refractivity contribution in [1.29, 1.82) is 0 Å². The van der Waals surface area contributed by atoms with Crippen LogP contribution in [0.3, 0.4) is 0 Å². The van der Waals surface area contributed by atoms with Gasteiger partial charge in [-0.25, -0.2) is 0 Å². The first-order valence-corrected chi connectivity index (χ1v) is 6.67. The minimum absolute atomic E-state index is 0.187. The van der Waals surface area contributed by atoms with Crippen LogP contribution in [0, 0.1) is 0 Å². The number of hydrogen-bond donors (Lipinski definition) is 1. The maximum Gasteiger partial charge on any atom is 0.0714 e. The number of benzene rings is 1. The monoisotopic (exact) mass is 233 g/mol. The highest BCUT2D eigenvalue weighted by Gasteiger charge is 2.52. The summed E-state index contributed by atoms with van der Waals surface area (Å²) in [6.45, 7) is 6.53. The maximum absolute atomic E-state index is 10.2. The van der Waals surface area contributed by atoms with Crippen LogP contribution in [0.1, 0.15) is 45.2 Å². The third-order valence-corrected chi connectivity index (χ3v) is 3.62. The largest absolute Gasteiger partial charge is 0.391 e. The van der Waals surface area contributed by atoms with E-state index in [2.05, 4.69) is 49.9 Å². The van der Waals surface area contributed by atoms with Crippen molar-refractivity contribution in [3.63, 3.8) is 0 Å². The van der Waals surface area contributed by atoms with Gasteiger partial charge in [-0.05, 0) is 25.8 Å². The fraction of sp³-hybridized carbons (Fsp3) is 0.600. The maximum atomic E-state index is 10.2. The Kier molecular flexibility index (Phi) is 3.85. The van der Waals surface area contributed by atoms with Gasteiger partial charge in [-0.2, -0.15) is 0 Å². The summed E-state index contributed by atoms with van der Waals surface area (Å²) in [5, 5.41) is 10.2. The summed E-state index contributed by atoms with van der Waals surface area (Å²) in [4.78, 5) is 2.41. The van der Waals surface area contributed by atoms with Crippen LogP contribution in [-0.2, 0) is 0 Å². The molecule has 1 aromatic carbocycles. The van der Waals surface area contributed by atoms with Crippen molar-refractivity contribution < 1.29 is 5.11 Å². The lowest BCUT2D eigenvalue weighted by Crippen LogP contribution is -2.22. The minimum Gasteiger partial charge on any atom is -0.391 e. The number of aliphatic hydroxyl groups is 1. The number of nitrogens with zero attached hydrogens (tertiary/aromatic N) is 1. The summed E-state index contributed by atoms with van der Waals surface area (Å²) in [5.74, 6) is 0. The van der Waals surface area contributed by atoms with Crippen molar-refractivity contribution in [3.05, 3.63) is 35.9 Å². The van der Waals surface area contributed by atoms with E-state index < -0.39 is 0 Å². The van der Waals surface area contributed by atoms with Gasteiger partial charge in [-0.3, -0.25) is 4.90 Å². The Morgan fingerprint density at radius 2 is 1.88 bits per heavy atom. The Morgan fingerprint density at radius 1 is 1.24 bits per heavy atom. The molecule has 0 saturated carbocycles. The van der Waals surface area contributed by atoms with Gasteiger partial charge in [0, 0.05) is 6.04 Å². The average molecular weight is 233 g/mol. The summed E-state index contributed by atoms with van der Waals surface area (Å²) in [6.07, 6.45) is 1.76. The first-order chi connectivity index (χ1) is 8.16. The van der Waals surface area contributed by atoms with Crippen LogP contribution in [0.25, 0.3) is 0 Å². The van der Waals surface area contributed by atoms with E-state index in [9.17, 15) is 5.11 Å². The van der Waals surface area contributed by atoms with E-state index in [1.165, 1.54) is 5.56 Å². The van der Waals surface area contributed by atoms with Gasteiger partial charge in [0.1, 0.15) is 0 Å². The van der Waals surface area contributed by atoms with E-state index in [-0.39, 0.29) is 6.10 Å². The highest BCUT2D eigenvalue weighted by molar-refractivity contribution is 5.28. The van der Waals surface area contributed by atoms with Gasteiger partial charge in [0.15, 0.2) is 0 Å². The molecule has 94 valence electrons. The molecule has 0 spiro atoms. The van der Waals surface area contributed by atoms with Crippen molar-refractivity contribution >= 4 is 0 Å². The molecule has 2 rings (SSSR count). The molecule has 2 nitrogen and oxygen atoms in total. The van der Waals surface area contributed by atoms with Crippen LogP contribution in [0.4, 0.5) is 0 Å². The van der Waals surface area contributed by atoms with Crippen LogP contribution in [0.2, 0.25) is 0 Å². The fourth-order valence-corrected chi connectivity index (χ4v) is 2.83. The average Bonchev–Trinajstić information content (AvgIpc) is 3.06. The van der Waals surface area contributed by atoms with Gasteiger partial charge in [0.2, 0.25) is 0 Å². The lowest BCUT2D eigenvalue weighted by molar-refractivity contribution is 0.140. The van der Waals surface area contributed by atoms with E-state index in [1.54, 1.807) is 0 Å². The molecule has 4 atom stereocenters. The van der Waals surface area contributed by atoms with E-state index in [1.807, 2.05) is 6.07 Å². The van der Waals surface area contributed by atoms with E-state index in [4.69, 9.17) is 0 Å². The third-order valence-electron chi connectivity index (χ3n) is 3.62. The lowest BCUT2D eigenvalue weighted by Gasteiger charge is -2.11. The molecule has 1 saturated heterocycles. The van der Waals surface area contributed by atoms with Crippen molar-refractivity contribution in [1.82, 2.24) is 4.90 Å². The zero-order chi connectivity index (χ0) is 12.4. The number of rotatable bonds is 5. The molecular formula is C15H23NO. The molecule has 2 heteroatoms. The van der Waals surface area contributed by atoms with Gasteiger partial charge in [0.25, 0.3) is 0 Å². The summed E-state index contributed by atoms with van der Waals surface area (Å²) in [7, 11) is 0. The first kappa shape index (κ1) is 12.6. The molecule has 0 radical (unpaired) electrons. The molecule has 0 amide bonds. The smallest absolute Gasteiger partial charge is 0.0714 e. The molecule has 1 fully saturated rings. The minimum atomic E-state index is -0.187. The summed E-state index contributed by atoms with van der Waals surface area (Å²) in [6, 6.07) is 11.8. The second kappa shape index (κ2) is 5.19. The summed E-state index contributed by atoms with van der Waals surface area (Å²) >= 11 is 0. The Balaban J connectivity index is 2.12. The van der Waals surface area contributed by atoms with Crippen LogP contribution in [0.15, 0.2) is 30.3 Å². The van der Waals surface area contributed by atoms with Crippen LogP contribution in [-0.4, -0.2) is 28.2 Å². The zero-order valence-corrected chi connectivity index (χ0v) is 11.0. The van der Waals surface area contributed by atoms with Gasteiger partial charge in [0.05, 0.1) is 18.2 Å². The molecule has 1 N–H and O–H groups in total. The molecule has 1 aliphatic heterocycles. The molecule has 0 aliphatic carbocycles. The highest BCUT2D eigenvalue weighted by atomic mass is 16.3. The van der Waals surface area contributed by atoms with Crippen LogP contribution < -0.4 is 0 Å². The highest BCUT2D eigenvalue weighted by Crippen LogP contribution is 2.47. The summed E-state index contributed by atoms with van der Waals surface area (Å²) < 4.78 is 0. The Hall–Kier alpha value is -0.860. The van der Waals surface area contributed by atoms with Gasteiger partial charge >= 0.3 is 0 Å². The molecule has 17 heavy (non-hydrogen) atoms. The second-order valence-electron chi connectivity index (χ2n) is 5.24. The van der Waals surface area contributed by atoms with E-state index in [0.29, 0.717) is 18.1 Å². The second-order valence-corrected chi connectivity index (χ2v) is 5.24. The molecule has 0 aromatic heterocycles. The Labute approximate surface area is 104 Å². The van der Waals surface area contributed by atoms with Crippen molar-refractivity contribution in [2.45, 2.75) is 57.8 Å². The molecule has 0 bridgehead atoms. The third kappa shape index (κ3) is 2.53. The zero-order valence-electron chi connectivity index (χ0n) is 11.0. The van der Waals surface area contributed by atoms with Gasteiger partial charge < -0.3 is 5.11 Å². The number of hydrogen-bond acceptors (Lipinski definition) is 2. The topological polar surface area (TPSA) is 23.2 Å². The Bertz CT molecular complexity index is 349. The predicted molar refractivity (Wildman–Crippen MR) is 70.9 cm³/mol. The Morgan fingerprint density at radius 3 is 2.41 bits per heavy atom. The lowest BCUT2D eigenvalue weighted by atomic mass is 10.0. The van der Waals surface area contributed by atoms with Crippen molar-refractivity contribution in [2.75, 3.05) is 0 Å². The van der Waals surface area contributed by atoms with Gasteiger partial charge in [-0.15, -0.1) is 0 Å². The quantitative estimate of drug-likeness (QED) is 0.790. The standard InChI is InChI=1S/C15H23NO/c1-4-8-13(17)15-14(16(15)11(2)3)12-9-6-5-7-10-12/h5-7,9-11,13-15,17H,4,8H2,1-3H3/t13-,14+,15-,16?/m1/s1. The van der Waals surface area contributed by atoms with E-state index in [0.717, 1.165) is 12.8 Å². The molecule has 1 unspecified atom stereocenters. The van der Waals surface area contributed by atoms with Gasteiger partial charge in [-0.1, -0.05) is 43.7 Å². The van der Waals surface area contributed by atoms with Crippen molar-refractivity contribution in [3.8, 4) is 0 Å². The molecule has 1 aliphatic rings. The predicted octanol–water partition coefficient (Wildman–Crippen LogP) is 2.98. The SMILES string of the molecule is CCC[C@@H](O)[C@@H]1[C@H](c2ccccc2)N1C(C)C. The van der Waals surface area contributed by atoms with E-state index >= 15 is 0 Å². The summed E-state index contributed by atoms with van der Waals surface area (Å²) in [5.41, 5.74) is 1.33. The molecular weight excluding hydrogens is 210 g/mol. The fourth-order valence-electron chi connectivity index (χ4n) is 2.83. The van der Waals surface area contributed by atoms with Crippen LogP contribution in [0.5, 0.6) is 0 Å². The normalized spacial score (nSPS) is 29.4.